The van der Waals surface area contributed by atoms with Crippen molar-refractivity contribution in [3.63, 3.8) is 0 Å². The third-order valence-corrected chi connectivity index (χ3v) is 9.49. The third kappa shape index (κ3) is 5.52. The van der Waals surface area contributed by atoms with Gasteiger partial charge in [0.05, 0.1) is 25.2 Å². The number of nitrogens with zero attached hydrogens (tertiary/aromatic N) is 2. The van der Waals surface area contributed by atoms with E-state index in [0.717, 1.165) is 16.9 Å². The standard InChI is InChI=1S/C24H34N4O7S2/c1-12-5-6-15(18(7-12)35-4)10-27-11-17(8-16(27)9-26-37(25,33)34)36-22-13(2)20-19(14(3)29)23(30)28(20)21(22)24(31)32/h5-7,13-14,16-17,19-20,26,29H,8-11H2,1-4H3,(H,31,32)(H2,25,33,34)/t13-,14-,16+,17+,19-,20-/m1/s1. The molecule has 1 amide bonds. The second-order valence-electron chi connectivity index (χ2n) is 10.0. The number of fused-ring (bicyclic) bond motifs is 1. The summed E-state index contributed by atoms with van der Waals surface area (Å²) in [6.45, 7) is 6.61. The Morgan fingerprint density at radius 3 is 2.68 bits per heavy atom. The van der Waals surface area contributed by atoms with Gasteiger partial charge in [0.1, 0.15) is 11.4 Å². The maximum absolute atomic E-state index is 12.7. The molecule has 3 aliphatic rings. The molecule has 0 saturated carbocycles. The Labute approximate surface area is 221 Å². The number of hydrogen-bond acceptors (Lipinski definition) is 8. The van der Waals surface area contributed by atoms with Crippen LogP contribution in [-0.2, 0) is 26.3 Å². The lowest BCUT2D eigenvalue weighted by Gasteiger charge is -2.46. The van der Waals surface area contributed by atoms with Gasteiger partial charge >= 0.3 is 5.97 Å². The summed E-state index contributed by atoms with van der Waals surface area (Å²) in [7, 11) is -2.28. The Morgan fingerprint density at radius 1 is 1.38 bits per heavy atom. The van der Waals surface area contributed by atoms with Crippen LogP contribution in [0.4, 0.5) is 0 Å². The van der Waals surface area contributed by atoms with Crippen molar-refractivity contribution in [2.75, 3.05) is 20.2 Å². The van der Waals surface area contributed by atoms with Crippen LogP contribution < -0.4 is 14.6 Å². The molecule has 0 radical (unpaired) electrons. The summed E-state index contributed by atoms with van der Waals surface area (Å²) >= 11 is 1.43. The molecule has 204 valence electrons. The number of carboxylic acids is 1. The number of likely N-dealkylation sites (tertiary alicyclic amines) is 1. The highest BCUT2D eigenvalue weighted by Crippen LogP contribution is 2.52. The number of β-lactam (4-membered cyclic amide) rings is 1. The zero-order chi connectivity index (χ0) is 27.2. The van der Waals surface area contributed by atoms with Crippen LogP contribution in [0.2, 0.25) is 0 Å². The zero-order valence-electron chi connectivity index (χ0n) is 21.2. The van der Waals surface area contributed by atoms with Crippen molar-refractivity contribution in [3.8, 4) is 5.75 Å². The second kappa shape index (κ2) is 10.5. The SMILES string of the molecule is COc1cc(C)ccc1CN1C[C@@H](SC2=C(C(=O)O)N3C(=O)[C@H]([C@@H](C)O)[C@H]3[C@H]2C)C[C@H]1CNS(N)(=O)=O. The van der Waals surface area contributed by atoms with Crippen molar-refractivity contribution in [3.05, 3.63) is 39.9 Å². The molecule has 1 aromatic carbocycles. The molecule has 4 rings (SSSR count). The highest BCUT2D eigenvalue weighted by molar-refractivity contribution is 8.03. The van der Waals surface area contributed by atoms with E-state index in [0.29, 0.717) is 24.4 Å². The summed E-state index contributed by atoms with van der Waals surface area (Å²) in [5.74, 6) is -1.65. The minimum atomic E-state index is -3.88. The minimum absolute atomic E-state index is 0.0118. The van der Waals surface area contributed by atoms with Gasteiger partial charge in [-0.2, -0.15) is 8.42 Å². The minimum Gasteiger partial charge on any atom is -0.496 e. The summed E-state index contributed by atoms with van der Waals surface area (Å²) in [6.07, 6.45) is -0.279. The fourth-order valence-corrected chi connectivity index (χ4v) is 7.72. The smallest absolute Gasteiger partial charge is 0.353 e. The molecule has 0 spiro atoms. The van der Waals surface area contributed by atoms with Crippen molar-refractivity contribution in [2.45, 2.75) is 57.2 Å². The maximum Gasteiger partial charge on any atom is 0.353 e. The van der Waals surface area contributed by atoms with E-state index in [2.05, 4.69) is 9.62 Å². The van der Waals surface area contributed by atoms with E-state index in [1.807, 2.05) is 32.0 Å². The normalized spacial score (nSPS) is 28.9. The maximum atomic E-state index is 12.7. The fourth-order valence-electron chi connectivity index (χ4n) is 5.70. The number of aliphatic carboxylic acids is 1. The van der Waals surface area contributed by atoms with Gasteiger partial charge in [0, 0.05) is 47.3 Å². The molecular formula is C24H34N4O7S2. The van der Waals surface area contributed by atoms with Gasteiger partial charge in [0.15, 0.2) is 0 Å². The highest BCUT2D eigenvalue weighted by Gasteiger charge is 2.60. The van der Waals surface area contributed by atoms with E-state index in [1.165, 1.54) is 16.7 Å². The Hall–Kier alpha value is -2.16. The lowest BCUT2D eigenvalue weighted by Crippen LogP contribution is -2.63. The fraction of sp³-hybridized carbons (Fsp3) is 0.583. The lowest BCUT2D eigenvalue weighted by molar-refractivity contribution is -0.163. The number of thioether (sulfide) groups is 1. The van der Waals surface area contributed by atoms with Crippen molar-refractivity contribution >= 4 is 33.8 Å². The number of methoxy groups -OCH3 is 1. The number of nitrogens with one attached hydrogen (secondary N) is 1. The van der Waals surface area contributed by atoms with Crippen LogP contribution in [0.5, 0.6) is 5.75 Å². The predicted molar refractivity (Wildman–Crippen MR) is 139 cm³/mol. The van der Waals surface area contributed by atoms with E-state index >= 15 is 0 Å². The predicted octanol–water partition coefficient (Wildman–Crippen LogP) is 0.627. The van der Waals surface area contributed by atoms with Crippen LogP contribution in [0.1, 0.15) is 31.4 Å². The number of rotatable bonds is 10. The average Bonchev–Trinajstić information content (AvgIpc) is 3.29. The van der Waals surface area contributed by atoms with Crippen LogP contribution in [0.3, 0.4) is 0 Å². The molecule has 37 heavy (non-hydrogen) atoms. The number of aliphatic hydroxyl groups is 1. The number of benzene rings is 1. The van der Waals surface area contributed by atoms with Gasteiger partial charge < -0.3 is 19.8 Å². The molecule has 0 aliphatic carbocycles. The molecular weight excluding hydrogens is 520 g/mol. The summed E-state index contributed by atoms with van der Waals surface area (Å²) in [4.78, 5) is 28.9. The Balaban J connectivity index is 1.57. The quantitative estimate of drug-likeness (QED) is 0.304. The lowest BCUT2D eigenvalue weighted by atomic mass is 9.79. The molecule has 0 bridgehead atoms. The highest BCUT2D eigenvalue weighted by atomic mass is 32.2. The summed E-state index contributed by atoms with van der Waals surface area (Å²) in [5.41, 5.74) is 2.00. The molecule has 0 aromatic heterocycles. The van der Waals surface area contributed by atoms with E-state index in [4.69, 9.17) is 9.88 Å². The van der Waals surface area contributed by atoms with Gasteiger partial charge in [-0.3, -0.25) is 9.69 Å². The number of hydrogen-bond donors (Lipinski definition) is 4. The molecule has 1 aromatic rings. The largest absolute Gasteiger partial charge is 0.496 e. The zero-order valence-corrected chi connectivity index (χ0v) is 22.9. The molecule has 2 fully saturated rings. The van der Waals surface area contributed by atoms with E-state index < -0.39 is 28.2 Å². The Morgan fingerprint density at radius 2 is 2.08 bits per heavy atom. The molecule has 5 N–H and O–H groups in total. The summed E-state index contributed by atoms with van der Waals surface area (Å²) in [6, 6.07) is 5.35. The van der Waals surface area contributed by atoms with Crippen molar-refractivity contribution < 1.29 is 33.0 Å². The van der Waals surface area contributed by atoms with E-state index in [9.17, 15) is 28.2 Å². The first-order valence-electron chi connectivity index (χ1n) is 12.1. The third-order valence-electron chi connectivity index (χ3n) is 7.43. The number of carbonyl (C=O) groups is 2. The van der Waals surface area contributed by atoms with Crippen molar-refractivity contribution in [2.24, 2.45) is 17.0 Å². The number of carbonyl (C=O) groups excluding carboxylic acids is 1. The van der Waals surface area contributed by atoms with Crippen LogP contribution >= 0.6 is 11.8 Å². The average molecular weight is 555 g/mol. The van der Waals surface area contributed by atoms with E-state index in [1.54, 1.807) is 14.0 Å². The molecule has 3 aliphatic heterocycles. The Kier molecular flexibility index (Phi) is 7.94. The molecule has 3 heterocycles. The summed E-state index contributed by atoms with van der Waals surface area (Å²) in [5, 5.41) is 25.2. The monoisotopic (exact) mass is 554 g/mol. The van der Waals surface area contributed by atoms with Crippen molar-refractivity contribution in [1.29, 1.82) is 0 Å². The molecule has 13 heteroatoms. The van der Waals surface area contributed by atoms with Gasteiger partial charge in [-0.15, -0.1) is 11.8 Å². The van der Waals surface area contributed by atoms with Gasteiger partial charge in [0.25, 0.3) is 10.2 Å². The number of aliphatic hydroxyl groups excluding tert-OH is 1. The first-order chi connectivity index (χ1) is 17.3. The molecule has 11 nitrogen and oxygen atoms in total. The van der Waals surface area contributed by atoms with Gasteiger partial charge in [-0.05, 0) is 31.9 Å². The van der Waals surface area contributed by atoms with E-state index in [-0.39, 0.29) is 41.4 Å². The number of ether oxygens (including phenoxy) is 1. The molecule has 0 unspecified atom stereocenters. The topological polar surface area (TPSA) is 162 Å². The van der Waals surface area contributed by atoms with Gasteiger partial charge in [-0.1, -0.05) is 19.1 Å². The first kappa shape index (κ1) is 27.9. The van der Waals surface area contributed by atoms with Gasteiger partial charge in [-0.25, -0.2) is 14.7 Å². The number of aryl methyl sites for hydroxylation is 1. The van der Waals surface area contributed by atoms with Crippen LogP contribution in [-0.4, -0.2) is 83.9 Å². The van der Waals surface area contributed by atoms with Crippen molar-refractivity contribution in [1.82, 2.24) is 14.5 Å². The number of amides is 1. The van der Waals surface area contributed by atoms with Crippen LogP contribution in [0.25, 0.3) is 0 Å². The Bertz CT molecular complexity index is 1220. The summed E-state index contributed by atoms with van der Waals surface area (Å²) < 4.78 is 31.1. The van der Waals surface area contributed by atoms with Crippen LogP contribution in [0, 0.1) is 18.8 Å². The number of nitrogens with two attached hydrogens (primary N) is 1. The molecule has 2 saturated heterocycles. The van der Waals surface area contributed by atoms with Crippen LogP contribution in [0.15, 0.2) is 28.8 Å². The number of carboxylic acid groups (broad SMARTS) is 1. The second-order valence-corrected chi connectivity index (χ2v) is 12.8. The first-order valence-corrected chi connectivity index (χ1v) is 14.5. The van der Waals surface area contributed by atoms with Gasteiger partial charge in [0.2, 0.25) is 5.91 Å². The molecule has 6 atom stereocenters.